The fraction of sp³-hybridized carbons (Fsp3) is 0.417. The van der Waals surface area contributed by atoms with Crippen LogP contribution in [0.3, 0.4) is 0 Å². The standard InChI is InChI=1S/C12H15I2NO2/c1-12(2,3)17-11(16)15-7-8-4-9(13)6-10(14)5-8/h4-6H,7H2,1-3H3,(H,15,16). The Bertz CT molecular complexity index is 393. The Labute approximate surface area is 129 Å². The van der Waals surface area contributed by atoms with Crippen LogP contribution in [0.25, 0.3) is 0 Å². The minimum atomic E-state index is -0.455. The number of carbonyl (C=O) groups excluding carboxylic acids is 1. The van der Waals surface area contributed by atoms with Gasteiger partial charge in [-0.15, -0.1) is 0 Å². The Balaban J connectivity index is 2.53. The Morgan fingerprint density at radius 3 is 2.24 bits per heavy atom. The number of halogens is 2. The summed E-state index contributed by atoms with van der Waals surface area (Å²) >= 11 is 4.52. The SMILES string of the molecule is CC(C)(C)OC(=O)NCc1cc(I)cc(I)c1. The van der Waals surface area contributed by atoms with Crippen molar-refractivity contribution in [3.05, 3.63) is 30.9 Å². The Morgan fingerprint density at radius 2 is 1.76 bits per heavy atom. The van der Waals surface area contributed by atoms with E-state index in [2.05, 4.69) is 56.6 Å². The second kappa shape index (κ2) is 6.21. The van der Waals surface area contributed by atoms with E-state index in [1.165, 1.54) is 0 Å². The molecule has 0 atom stereocenters. The molecular weight excluding hydrogens is 444 g/mol. The van der Waals surface area contributed by atoms with Crippen LogP contribution in [-0.2, 0) is 11.3 Å². The number of rotatable bonds is 2. The highest BCUT2D eigenvalue weighted by Gasteiger charge is 2.15. The zero-order valence-electron chi connectivity index (χ0n) is 10.0. The third-order valence-corrected chi connectivity index (χ3v) is 3.00. The number of benzene rings is 1. The molecular formula is C12H15I2NO2. The number of amides is 1. The van der Waals surface area contributed by atoms with Gasteiger partial charge in [0, 0.05) is 13.7 Å². The van der Waals surface area contributed by atoms with Crippen LogP contribution in [0.4, 0.5) is 4.79 Å². The van der Waals surface area contributed by atoms with Gasteiger partial charge in [0.05, 0.1) is 0 Å². The van der Waals surface area contributed by atoms with Gasteiger partial charge in [-0.2, -0.15) is 0 Å². The monoisotopic (exact) mass is 459 g/mol. The van der Waals surface area contributed by atoms with E-state index in [0.717, 1.165) is 12.7 Å². The molecule has 3 nitrogen and oxygen atoms in total. The van der Waals surface area contributed by atoms with Gasteiger partial charge in [0.25, 0.3) is 0 Å². The molecule has 94 valence electrons. The molecule has 17 heavy (non-hydrogen) atoms. The number of hydrogen-bond acceptors (Lipinski definition) is 2. The predicted octanol–water partition coefficient (Wildman–Crippen LogP) is 3.92. The molecule has 0 aromatic heterocycles. The zero-order valence-corrected chi connectivity index (χ0v) is 14.3. The molecule has 5 heteroatoms. The molecule has 1 N–H and O–H groups in total. The Morgan fingerprint density at radius 1 is 1.24 bits per heavy atom. The number of alkyl carbamates (subject to hydrolysis) is 1. The van der Waals surface area contributed by atoms with Crippen LogP contribution in [0, 0.1) is 7.14 Å². The highest BCUT2D eigenvalue weighted by atomic mass is 127. The third-order valence-electron chi connectivity index (χ3n) is 1.76. The van der Waals surface area contributed by atoms with Gasteiger partial charge < -0.3 is 10.1 Å². The molecule has 1 aromatic carbocycles. The van der Waals surface area contributed by atoms with E-state index >= 15 is 0 Å². The second-order valence-electron chi connectivity index (χ2n) is 4.63. The number of hydrogen-bond donors (Lipinski definition) is 1. The van der Waals surface area contributed by atoms with E-state index < -0.39 is 5.60 Å². The number of nitrogens with one attached hydrogen (secondary N) is 1. The van der Waals surface area contributed by atoms with Gasteiger partial charge in [0.1, 0.15) is 5.60 Å². The predicted molar refractivity (Wildman–Crippen MR) is 84.9 cm³/mol. The van der Waals surface area contributed by atoms with Crippen molar-refractivity contribution in [2.24, 2.45) is 0 Å². The Kier molecular flexibility index (Phi) is 5.49. The maximum atomic E-state index is 11.5. The topological polar surface area (TPSA) is 38.3 Å². The molecule has 0 spiro atoms. The molecule has 1 amide bonds. The van der Waals surface area contributed by atoms with E-state index in [0.29, 0.717) is 6.54 Å². The maximum absolute atomic E-state index is 11.5. The van der Waals surface area contributed by atoms with Gasteiger partial charge in [-0.25, -0.2) is 4.79 Å². The first kappa shape index (κ1) is 15.0. The normalized spacial score (nSPS) is 11.1. The fourth-order valence-corrected chi connectivity index (χ4v) is 3.27. The van der Waals surface area contributed by atoms with Crippen LogP contribution in [0.15, 0.2) is 18.2 Å². The summed E-state index contributed by atoms with van der Waals surface area (Å²) in [5.74, 6) is 0. The minimum Gasteiger partial charge on any atom is -0.444 e. The van der Waals surface area contributed by atoms with Crippen LogP contribution in [0.5, 0.6) is 0 Å². The molecule has 0 unspecified atom stereocenters. The van der Waals surface area contributed by atoms with Crippen LogP contribution < -0.4 is 5.32 Å². The van der Waals surface area contributed by atoms with Crippen LogP contribution in [-0.4, -0.2) is 11.7 Å². The molecule has 0 aliphatic rings. The molecule has 0 radical (unpaired) electrons. The first-order valence-corrected chi connectivity index (χ1v) is 7.34. The van der Waals surface area contributed by atoms with Gasteiger partial charge in [-0.05, 0) is 89.7 Å². The Hall–Kier alpha value is -0.0500. The average molecular weight is 459 g/mol. The average Bonchev–Trinajstić information content (AvgIpc) is 2.10. The van der Waals surface area contributed by atoms with Gasteiger partial charge in [-0.1, -0.05) is 0 Å². The highest BCUT2D eigenvalue weighted by Crippen LogP contribution is 2.14. The molecule has 0 heterocycles. The molecule has 0 fully saturated rings. The number of ether oxygens (including phenoxy) is 1. The summed E-state index contributed by atoms with van der Waals surface area (Å²) in [6, 6.07) is 6.16. The summed E-state index contributed by atoms with van der Waals surface area (Å²) in [6.07, 6.45) is -0.383. The van der Waals surface area contributed by atoms with Gasteiger partial charge in [-0.3, -0.25) is 0 Å². The number of carbonyl (C=O) groups is 1. The van der Waals surface area contributed by atoms with Crippen molar-refractivity contribution < 1.29 is 9.53 Å². The van der Waals surface area contributed by atoms with Crippen LogP contribution >= 0.6 is 45.2 Å². The van der Waals surface area contributed by atoms with E-state index in [1.807, 2.05) is 32.9 Å². The molecule has 0 aliphatic heterocycles. The molecule has 1 rings (SSSR count). The lowest BCUT2D eigenvalue weighted by Gasteiger charge is -2.19. The van der Waals surface area contributed by atoms with Crippen molar-refractivity contribution >= 4 is 51.3 Å². The maximum Gasteiger partial charge on any atom is 0.407 e. The van der Waals surface area contributed by atoms with Crippen LogP contribution in [0.1, 0.15) is 26.3 Å². The third kappa shape index (κ3) is 6.44. The van der Waals surface area contributed by atoms with E-state index in [1.54, 1.807) is 0 Å². The summed E-state index contributed by atoms with van der Waals surface area (Å²) in [4.78, 5) is 11.5. The smallest absolute Gasteiger partial charge is 0.407 e. The van der Waals surface area contributed by atoms with Gasteiger partial charge >= 0.3 is 6.09 Å². The second-order valence-corrected chi connectivity index (χ2v) is 7.12. The van der Waals surface area contributed by atoms with Crippen molar-refractivity contribution in [1.29, 1.82) is 0 Å². The van der Waals surface area contributed by atoms with Crippen molar-refractivity contribution in [3.8, 4) is 0 Å². The minimum absolute atomic E-state index is 0.383. The summed E-state index contributed by atoms with van der Waals surface area (Å²) < 4.78 is 7.49. The van der Waals surface area contributed by atoms with Gasteiger partial charge in [0.2, 0.25) is 0 Å². The largest absolute Gasteiger partial charge is 0.444 e. The molecule has 1 aromatic rings. The zero-order chi connectivity index (χ0) is 13.1. The summed E-state index contributed by atoms with van der Waals surface area (Å²) in [7, 11) is 0. The van der Waals surface area contributed by atoms with E-state index in [-0.39, 0.29) is 6.09 Å². The summed E-state index contributed by atoms with van der Waals surface area (Å²) in [5, 5.41) is 2.74. The van der Waals surface area contributed by atoms with E-state index in [4.69, 9.17) is 4.74 Å². The molecule has 0 aliphatic carbocycles. The molecule has 0 bridgehead atoms. The van der Waals surface area contributed by atoms with Crippen molar-refractivity contribution in [2.45, 2.75) is 32.9 Å². The van der Waals surface area contributed by atoms with Crippen LogP contribution in [0.2, 0.25) is 0 Å². The lowest BCUT2D eigenvalue weighted by atomic mass is 10.2. The van der Waals surface area contributed by atoms with E-state index in [9.17, 15) is 4.79 Å². The molecule has 0 saturated heterocycles. The summed E-state index contributed by atoms with van der Waals surface area (Å²) in [5.41, 5.74) is 0.621. The van der Waals surface area contributed by atoms with Gasteiger partial charge in [0.15, 0.2) is 0 Å². The highest BCUT2D eigenvalue weighted by molar-refractivity contribution is 14.1. The quantitative estimate of drug-likeness (QED) is 0.682. The van der Waals surface area contributed by atoms with Crippen molar-refractivity contribution in [1.82, 2.24) is 5.32 Å². The van der Waals surface area contributed by atoms with Crippen molar-refractivity contribution in [3.63, 3.8) is 0 Å². The first-order valence-electron chi connectivity index (χ1n) is 5.18. The lowest BCUT2D eigenvalue weighted by Crippen LogP contribution is -2.32. The lowest BCUT2D eigenvalue weighted by molar-refractivity contribution is 0.0523. The first-order chi connectivity index (χ1) is 7.76. The summed E-state index contributed by atoms with van der Waals surface area (Å²) in [6.45, 7) is 6.03. The fourth-order valence-electron chi connectivity index (χ4n) is 1.20. The molecule has 0 saturated carbocycles. The van der Waals surface area contributed by atoms with Crippen molar-refractivity contribution in [2.75, 3.05) is 0 Å².